The molecule has 4 aromatic rings. The summed E-state index contributed by atoms with van der Waals surface area (Å²) in [7, 11) is 1.44. The Morgan fingerprint density at radius 1 is 0.950 bits per heavy atom. The van der Waals surface area contributed by atoms with Crippen LogP contribution in [0.3, 0.4) is 0 Å². The first kappa shape index (κ1) is 24.8. The minimum atomic E-state index is -0.734. The van der Waals surface area contributed by atoms with Gasteiger partial charge in [0, 0.05) is 38.3 Å². The van der Waals surface area contributed by atoms with Gasteiger partial charge in [-0.25, -0.2) is 9.97 Å². The van der Waals surface area contributed by atoms with E-state index in [0.29, 0.717) is 44.1 Å². The number of carbonyl (C=O) groups is 3. The van der Waals surface area contributed by atoms with E-state index in [0.717, 1.165) is 41.6 Å². The van der Waals surface area contributed by atoms with Crippen LogP contribution in [0.15, 0.2) is 48.7 Å². The number of aromatic nitrogens is 4. The topological polar surface area (TPSA) is 113 Å². The number of para-hydroxylation sites is 2. The Kier molecular flexibility index (Phi) is 5.52. The van der Waals surface area contributed by atoms with Gasteiger partial charge in [-0.2, -0.15) is 0 Å². The monoisotopic (exact) mass is 540 g/mol. The second kappa shape index (κ2) is 8.90. The number of aryl methyl sites for hydroxylation is 1. The van der Waals surface area contributed by atoms with Gasteiger partial charge in [0.2, 0.25) is 0 Å². The van der Waals surface area contributed by atoms with E-state index < -0.39 is 5.41 Å². The second-order valence-electron chi connectivity index (χ2n) is 11.6. The molecule has 5 heterocycles. The van der Waals surface area contributed by atoms with E-state index >= 15 is 0 Å². The SMILES string of the molecule is COC(=O)C12CCC3(CCN(C(=O)c4nc5ccccc5[nH]4)CC3)[C@@H]1CN(C(=O)c1nc3ccccn3c1C)C2. The number of piperidine rings is 1. The lowest BCUT2D eigenvalue weighted by Gasteiger charge is -2.44. The quantitative estimate of drug-likeness (QED) is 0.398. The predicted molar refractivity (Wildman–Crippen MR) is 147 cm³/mol. The number of amides is 2. The van der Waals surface area contributed by atoms with Crippen molar-refractivity contribution < 1.29 is 19.1 Å². The van der Waals surface area contributed by atoms with Crippen molar-refractivity contribution in [2.75, 3.05) is 33.3 Å². The van der Waals surface area contributed by atoms with Gasteiger partial charge in [0.05, 0.1) is 29.3 Å². The minimum absolute atomic E-state index is 0.0304. The number of benzene rings is 1. The van der Waals surface area contributed by atoms with E-state index in [2.05, 4.69) is 15.0 Å². The number of ether oxygens (including phenoxy) is 1. The van der Waals surface area contributed by atoms with E-state index in [1.54, 1.807) is 0 Å². The Morgan fingerprint density at radius 3 is 2.48 bits per heavy atom. The number of rotatable bonds is 3. The molecule has 0 bridgehead atoms. The maximum atomic E-state index is 13.8. The van der Waals surface area contributed by atoms with E-state index in [9.17, 15) is 14.4 Å². The summed E-state index contributed by atoms with van der Waals surface area (Å²) in [5.74, 6) is -0.164. The van der Waals surface area contributed by atoms with E-state index in [4.69, 9.17) is 4.74 Å². The van der Waals surface area contributed by atoms with Gasteiger partial charge in [-0.3, -0.25) is 14.4 Å². The summed E-state index contributed by atoms with van der Waals surface area (Å²) in [6.07, 6.45) is 5.01. The van der Waals surface area contributed by atoms with Gasteiger partial charge in [0.15, 0.2) is 5.82 Å². The molecule has 2 aliphatic heterocycles. The van der Waals surface area contributed by atoms with Gasteiger partial charge < -0.3 is 23.9 Å². The number of H-pyrrole nitrogens is 1. The molecule has 1 aliphatic carbocycles. The fraction of sp³-hybridized carbons (Fsp3) is 0.433. The number of imidazole rings is 2. The highest BCUT2D eigenvalue weighted by atomic mass is 16.5. The molecule has 3 fully saturated rings. The Morgan fingerprint density at radius 2 is 1.73 bits per heavy atom. The molecule has 3 aromatic heterocycles. The zero-order valence-corrected chi connectivity index (χ0v) is 22.7. The molecule has 3 aliphatic rings. The summed E-state index contributed by atoms with van der Waals surface area (Å²) < 4.78 is 7.26. The molecular formula is C30H32N6O4. The lowest BCUT2D eigenvalue weighted by Crippen LogP contribution is -2.48. The number of hydrogen-bond acceptors (Lipinski definition) is 6. The van der Waals surface area contributed by atoms with E-state index in [1.807, 2.05) is 69.8 Å². The average Bonchev–Trinajstić information content (AvgIpc) is 3.74. The number of nitrogens with zero attached hydrogens (tertiary/aromatic N) is 5. The van der Waals surface area contributed by atoms with Gasteiger partial charge in [-0.1, -0.05) is 18.2 Å². The van der Waals surface area contributed by atoms with E-state index in [1.165, 1.54) is 7.11 Å². The standard InChI is InChI=1S/C30H32N6O4/c1-19-24(33-23-9-5-6-14-36(19)23)26(37)35-17-22-29(10-11-30(22,18-35)28(39)40-2)12-15-34(16-13-29)27(38)25-31-20-7-3-4-8-21(20)32-25/h3-9,14,22H,10-13,15-18H2,1-2H3,(H,31,32)/t22-,30?/m0/s1. The Hall–Kier alpha value is -4.21. The molecule has 10 heteroatoms. The average molecular weight is 541 g/mol. The predicted octanol–water partition coefficient (Wildman–Crippen LogP) is 3.47. The molecule has 1 N–H and O–H groups in total. The third-order valence-electron chi connectivity index (χ3n) is 9.84. The van der Waals surface area contributed by atoms with E-state index in [-0.39, 0.29) is 29.1 Å². The number of aromatic amines is 1. The molecule has 1 aromatic carbocycles. The van der Waals surface area contributed by atoms with Crippen LogP contribution in [-0.2, 0) is 9.53 Å². The van der Waals surface area contributed by atoms with Gasteiger partial charge in [-0.15, -0.1) is 0 Å². The molecule has 10 nitrogen and oxygen atoms in total. The number of nitrogens with one attached hydrogen (secondary N) is 1. The van der Waals surface area contributed by atoms with Crippen LogP contribution in [0.25, 0.3) is 16.7 Å². The van der Waals surface area contributed by atoms with Crippen LogP contribution in [-0.4, -0.2) is 80.2 Å². The molecular weight excluding hydrogens is 508 g/mol. The number of esters is 1. The molecule has 40 heavy (non-hydrogen) atoms. The van der Waals surface area contributed by atoms with Crippen molar-refractivity contribution in [2.24, 2.45) is 16.7 Å². The van der Waals surface area contributed by atoms with Crippen molar-refractivity contribution in [3.63, 3.8) is 0 Å². The van der Waals surface area contributed by atoms with Crippen LogP contribution < -0.4 is 0 Å². The van der Waals surface area contributed by atoms with Crippen LogP contribution in [0.2, 0.25) is 0 Å². The van der Waals surface area contributed by atoms with Crippen molar-refractivity contribution in [3.8, 4) is 0 Å². The molecule has 1 spiro atoms. The number of fused-ring (bicyclic) bond motifs is 4. The minimum Gasteiger partial charge on any atom is -0.469 e. The fourth-order valence-corrected chi connectivity index (χ4v) is 7.68. The summed E-state index contributed by atoms with van der Waals surface area (Å²) in [5, 5.41) is 0. The zero-order chi connectivity index (χ0) is 27.6. The molecule has 1 saturated carbocycles. The third kappa shape index (κ3) is 3.51. The molecule has 1 unspecified atom stereocenters. The maximum absolute atomic E-state index is 13.8. The van der Waals surface area contributed by atoms with Gasteiger partial charge in [0.25, 0.3) is 11.8 Å². The van der Waals surface area contributed by atoms with Crippen molar-refractivity contribution in [1.82, 2.24) is 29.2 Å². The first-order valence-corrected chi connectivity index (χ1v) is 13.9. The molecule has 2 amide bonds. The summed E-state index contributed by atoms with van der Waals surface area (Å²) >= 11 is 0. The highest BCUT2D eigenvalue weighted by molar-refractivity contribution is 5.96. The highest BCUT2D eigenvalue weighted by Crippen LogP contribution is 2.62. The normalized spacial score (nSPS) is 23.7. The molecule has 0 radical (unpaired) electrons. The van der Waals surface area contributed by atoms with Gasteiger partial charge in [0.1, 0.15) is 11.3 Å². The lowest BCUT2D eigenvalue weighted by atomic mass is 9.66. The van der Waals surface area contributed by atoms with Crippen LogP contribution in [0.4, 0.5) is 0 Å². The molecule has 7 rings (SSSR count). The number of methoxy groups -OCH3 is 1. The number of hydrogen-bond donors (Lipinski definition) is 1. The van der Waals surface area contributed by atoms with Crippen molar-refractivity contribution in [1.29, 1.82) is 0 Å². The zero-order valence-electron chi connectivity index (χ0n) is 22.7. The second-order valence-corrected chi connectivity index (χ2v) is 11.6. The van der Waals surface area contributed by atoms with Crippen LogP contribution >= 0.6 is 0 Å². The van der Waals surface area contributed by atoms with Crippen molar-refractivity contribution in [2.45, 2.75) is 32.6 Å². The summed E-state index contributed by atoms with van der Waals surface area (Å²) in [6.45, 7) is 3.89. The third-order valence-corrected chi connectivity index (χ3v) is 9.84. The molecule has 206 valence electrons. The van der Waals surface area contributed by atoms with Crippen LogP contribution in [0.1, 0.15) is 52.5 Å². The highest BCUT2D eigenvalue weighted by Gasteiger charge is 2.66. The van der Waals surface area contributed by atoms with Gasteiger partial charge >= 0.3 is 5.97 Å². The molecule has 2 saturated heterocycles. The van der Waals surface area contributed by atoms with Crippen molar-refractivity contribution in [3.05, 3.63) is 65.9 Å². The number of likely N-dealkylation sites (tertiary alicyclic amines) is 2. The Balaban J connectivity index is 1.13. The van der Waals surface area contributed by atoms with Crippen molar-refractivity contribution >= 4 is 34.5 Å². The Labute approximate surface area is 231 Å². The van der Waals surface area contributed by atoms with Crippen LogP contribution in [0.5, 0.6) is 0 Å². The number of carbonyl (C=O) groups excluding carboxylic acids is 3. The fourth-order valence-electron chi connectivity index (χ4n) is 7.68. The summed E-state index contributed by atoms with van der Waals surface area (Å²) in [5.41, 5.74) is 2.68. The lowest BCUT2D eigenvalue weighted by molar-refractivity contribution is -0.154. The first-order chi connectivity index (χ1) is 19.3. The first-order valence-electron chi connectivity index (χ1n) is 13.9. The largest absolute Gasteiger partial charge is 0.469 e. The smallest absolute Gasteiger partial charge is 0.313 e. The summed E-state index contributed by atoms with van der Waals surface area (Å²) in [6, 6.07) is 13.3. The molecule has 2 atom stereocenters. The summed E-state index contributed by atoms with van der Waals surface area (Å²) in [4.78, 5) is 56.4. The Bertz CT molecular complexity index is 1630. The maximum Gasteiger partial charge on any atom is 0.313 e. The van der Waals surface area contributed by atoms with Crippen LogP contribution in [0, 0.1) is 23.7 Å². The number of pyridine rings is 1. The van der Waals surface area contributed by atoms with Gasteiger partial charge in [-0.05, 0) is 62.3 Å².